The zero-order valence-electron chi connectivity index (χ0n) is 23.4. The molecular formula is C28H51O7PS. The Morgan fingerprint density at radius 2 is 1.24 bits per heavy atom. The molecule has 1 rings (SSSR count). The highest BCUT2D eigenvalue weighted by Gasteiger charge is 2.25. The van der Waals surface area contributed by atoms with E-state index in [-0.39, 0.29) is 11.5 Å². The van der Waals surface area contributed by atoms with E-state index in [1.54, 1.807) is 12.1 Å². The molecule has 0 amide bonds. The largest absolute Gasteiger partial charge is 0.381 e. The van der Waals surface area contributed by atoms with Crippen molar-refractivity contribution in [2.24, 2.45) is 5.92 Å². The van der Waals surface area contributed by atoms with E-state index in [0.29, 0.717) is 19.6 Å². The van der Waals surface area contributed by atoms with Crippen LogP contribution in [-0.4, -0.2) is 39.5 Å². The minimum Gasteiger partial charge on any atom is -0.381 e. The molecule has 0 heterocycles. The zero-order valence-corrected chi connectivity index (χ0v) is 25.1. The van der Waals surface area contributed by atoms with E-state index in [0.717, 1.165) is 24.3 Å². The molecule has 1 unspecified atom stereocenters. The molecule has 0 aliphatic heterocycles. The Balaban J connectivity index is 1.91. The summed E-state index contributed by atoms with van der Waals surface area (Å²) in [6.45, 7) is 7.53. The van der Waals surface area contributed by atoms with Gasteiger partial charge in [0.05, 0.1) is 11.5 Å². The molecule has 0 aromatic heterocycles. The molecule has 0 saturated heterocycles. The Hall–Kier alpha value is -0.760. The van der Waals surface area contributed by atoms with E-state index in [1.165, 1.54) is 82.8 Å². The Kier molecular flexibility index (Phi) is 18.7. The van der Waals surface area contributed by atoms with Gasteiger partial charge in [-0.25, -0.2) is 0 Å². The molecule has 0 aliphatic rings. The molecule has 1 aromatic carbocycles. The van der Waals surface area contributed by atoms with E-state index in [9.17, 15) is 17.9 Å². The van der Waals surface area contributed by atoms with Crippen molar-refractivity contribution in [2.75, 3.05) is 26.2 Å². The second-order valence-electron chi connectivity index (χ2n) is 10.4. The van der Waals surface area contributed by atoms with Crippen LogP contribution >= 0.6 is 7.60 Å². The maximum Gasteiger partial charge on any atom is 0.355 e. The Labute approximate surface area is 226 Å². The molecule has 0 bridgehead atoms. The van der Waals surface area contributed by atoms with Crippen molar-refractivity contribution in [2.45, 2.75) is 116 Å². The fraction of sp³-hybridized carbons (Fsp3) is 0.786. The molecule has 7 nitrogen and oxygen atoms in total. The molecule has 1 atom stereocenters. The number of unbranched alkanes of at least 4 members (excludes halogenated alkanes) is 11. The molecule has 0 saturated carbocycles. The third-order valence-electron chi connectivity index (χ3n) is 6.23. The third-order valence-corrected chi connectivity index (χ3v) is 8.72. The second-order valence-corrected chi connectivity index (χ2v) is 13.8. The van der Waals surface area contributed by atoms with Gasteiger partial charge >= 0.3 is 7.60 Å². The number of hydrogen-bond acceptors (Lipinski definition) is 6. The molecule has 0 fully saturated rings. The summed E-state index contributed by atoms with van der Waals surface area (Å²) in [6, 6.07) is 6.04. The second kappa shape index (κ2) is 20.2. The first-order valence-corrected chi connectivity index (χ1v) is 17.3. The molecule has 1 aromatic rings. The van der Waals surface area contributed by atoms with E-state index in [4.69, 9.17) is 13.4 Å². The lowest BCUT2D eigenvalue weighted by Crippen LogP contribution is -2.10. The number of ether oxygens (including phenoxy) is 1. The highest BCUT2D eigenvalue weighted by Crippen LogP contribution is 2.42. The minimum absolute atomic E-state index is 0.000335. The number of hydrogen-bond donors (Lipinski definition) is 1. The quantitative estimate of drug-likeness (QED) is 0.0774. The summed E-state index contributed by atoms with van der Waals surface area (Å²) in [5.41, 5.74) is 0.900. The van der Waals surface area contributed by atoms with Crippen molar-refractivity contribution >= 4 is 17.7 Å². The van der Waals surface area contributed by atoms with Crippen molar-refractivity contribution in [1.29, 1.82) is 0 Å². The van der Waals surface area contributed by atoms with Crippen molar-refractivity contribution in [3.8, 4) is 0 Å². The number of rotatable bonds is 24. The Morgan fingerprint density at radius 1 is 0.757 bits per heavy atom. The van der Waals surface area contributed by atoms with Crippen molar-refractivity contribution in [1.82, 2.24) is 0 Å². The summed E-state index contributed by atoms with van der Waals surface area (Å²) in [5.74, 6) is 0.840. The lowest BCUT2D eigenvalue weighted by atomic mass is 10.0. The van der Waals surface area contributed by atoms with Crippen LogP contribution in [0.3, 0.4) is 0 Å². The van der Waals surface area contributed by atoms with Crippen LogP contribution in [0.1, 0.15) is 109 Å². The lowest BCUT2D eigenvalue weighted by Gasteiger charge is -2.13. The van der Waals surface area contributed by atoms with Gasteiger partial charge in [0.15, 0.2) is 6.35 Å². The average Bonchev–Trinajstić information content (AvgIpc) is 2.84. The summed E-state index contributed by atoms with van der Waals surface area (Å²) in [6.07, 6.45) is 16.6. The van der Waals surface area contributed by atoms with Gasteiger partial charge < -0.3 is 14.2 Å². The van der Waals surface area contributed by atoms with Gasteiger partial charge in [-0.1, -0.05) is 109 Å². The molecule has 216 valence electrons. The van der Waals surface area contributed by atoms with Crippen LogP contribution in [-0.2, 0) is 28.1 Å². The topological polar surface area (TPSA) is 99.1 Å². The molecule has 0 radical (unpaired) electrons. The van der Waals surface area contributed by atoms with Crippen LogP contribution in [0.25, 0.3) is 0 Å². The van der Waals surface area contributed by atoms with Gasteiger partial charge in [-0.2, -0.15) is 8.42 Å². The van der Waals surface area contributed by atoms with Gasteiger partial charge in [-0.3, -0.25) is 8.75 Å². The van der Waals surface area contributed by atoms with Gasteiger partial charge in [-0.05, 0) is 37.8 Å². The highest BCUT2D eigenvalue weighted by atomic mass is 32.2. The van der Waals surface area contributed by atoms with Gasteiger partial charge in [0.1, 0.15) is 0 Å². The monoisotopic (exact) mass is 562 g/mol. The zero-order chi connectivity index (χ0) is 27.4. The average molecular weight is 563 g/mol. The predicted molar refractivity (Wildman–Crippen MR) is 150 cm³/mol. The van der Waals surface area contributed by atoms with Crippen LogP contribution < -0.4 is 0 Å². The molecule has 1 N–H and O–H groups in total. The van der Waals surface area contributed by atoms with Crippen LogP contribution in [0.2, 0.25) is 0 Å². The molecule has 9 heteroatoms. The van der Waals surface area contributed by atoms with Crippen LogP contribution in [0, 0.1) is 12.8 Å². The van der Waals surface area contributed by atoms with Crippen molar-refractivity contribution < 1.29 is 31.3 Å². The van der Waals surface area contributed by atoms with Gasteiger partial charge in [-0.15, -0.1) is 0 Å². The smallest absolute Gasteiger partial charge is 0.355 e. The minimum atomic E-state index is -4.17. The first-order chi connectivity index (χ1) is 17.6. The SMILES string of the molecule is Cc1ccc(S(=O)(=O)OCP(=O)(O)OCCCOCCCCCCCCCCCCCCC(C)C)cc1. The van der Waals surface area contributed by atoms with Gasteiger partial charge in [0.25, 0.3) is 10.1 Å². The van der Waals surface area contributed by atoms with Crippen LogP contribution in [0.15, 0.2) is 29.2 Å². The number of benzene rings is 1. The standard InChI is InChI=1S/C28H51O7PS/c1-26(2)17-14-12-10-8-6-4-5-7-9-11-13-15-22-33-23-16-24-34-36(29,30)25-35-37(31,32)28-20-18-27(3)19-21-28/h18-21,26H,4-17,22-25H2,1-3H3,(H,29,30). The van der Waals surface area contributed by atoms with Gasteiger partial charge in [0, 0.05) is 13.2 Å². The molecular weight excluding hydrogens is 511 g/mol. The fourth-order valence-electron chi connectivity index (χ4n) is 3.94. The molecule has 0 aliphatic carbocycles. The van der Waals surface area contributed by atoms with E-state index in [1.807, 2.05) is 6.92 Å². The summed E-state index contributed by atoms with van der Waals surface area (Å²) in [7, 11) is -8.28. The molecule has 0 spiro atoms. The summed E-state index contributed by atoms with van der Waals surface area (Å²) < 4.78 is 51.5. The van der Waals surface area contributed by atoms with Crippen LogP contribution in [0.5, 0.6) is 0 Å². The normalized spacial score (nSPS) is 13.8. The lowest BCUT2D eigenvalue weighted by molar-refractivity contribution is 0.112. The Morgan fingerprint density at radius 3 is 1.78 bits per heavy atom. The summed E-state index contributed by atoms with van der Waals surface area (Å²) in [5, 5.41) is 0. The first kappa shape index (κ1) is 34.3. The summed E-state index contributed by atoms with van der Waals surface area (Å²) in [4.78, 5) is 9.76. The van der Waals surface area contributed by atoms with E-state index < -0.39 is 24.1 Å². The van der Waals surface area contributed by atoms with Crippen molar-refractivity contribution in [3.63, 3.8) is 0 Å². The van der Waals surface area contributed by atoms with Crippen LogP contribution in [0.4, 0.5) is 0 Å². The van der Waals surface area contributed by atoms with Gasteiger partial charge in [0.2, 0.25) is 0 Å². The Bertz CT molecular complexity index is 841. The first-order valence-electron chi connectivity index (χ1n) is 14.1. The maximum absolute atomic E-state index is 12.1. The van der Waals surface area contributed by atoms with Crippen molar-refractivity contribution in [3.05, 3.63) is 29.8 Å². The predicted octanol–water partition coefficient (Wildman–Crippen LogP) is 7.99. The van der Waals surface area contributed by atoms with E-state index in [2.05, 4.69) is 13.8 Å². The number of aryl methyl sites for hydroxylation is 1. The molecule has 37 heavy (non-hydrogen) atoms. The fourth-order valence-corrected chi connectivity index (χ4v) is 6.12. The summed E-state index contributed by atoms with van der Waals surface area (Å²) >= 11 is 0. The maximum atomic E-state index is 12.1. The highest BCUT2D eigenvalue weighted by molar-refractivity contribution is 7.87. The third kappa shape index (κ3) is 19.0. The van der Waals surface area contributed by atoms with E-state index >= 15 is 0 Å².